The molecule has 1 aliphatic rings. The zero-order chi connectivity index (χ0) is 12.3. The van der Waals surface area contributed by atoms with Crippen molar-refractivity contribution in [2.75, 3.05) is 0 Å². The van der Waals surface area contributed by atoms with E-state index in [9.17, 15) is 5.11 Å². The second kappa shape index (κ2) is 5.33. The Bertz CT molecular complexity index is 247. The minimum atomic E-state index is -0.368. The van der Waals surface area contributed by atoms with Crippen LogP contribution < -0.4 is 0 Å². The first-order chi connectivity index (χ1) is 7.35. The van der Waals surface area contributed by atoms with Crippen LogP contribution in [-0.4, -0.2) is 22.9 Å². The lowest BCUT2D eigenvalue weighted by molar-refractivity contribution is -0.116. The SMILES string of the molecule is C=C(C)CC[C@H](O)[C@@]1(C)CC[C@H](C(C)C)O1. The Morgan fingerprint density at radius 3 is 2.62 bits per heavy atom. The summed E-state index contributed by atoms with van der Waals surface area (Å²) < 4.78 is 6.02. The van der Waals surface area contributed by atoms with Crippen molar-refractivity contribution in [2.45, 2.75) is 71.2 Å². The summed E-state index contributed by atoms with van der Waals surface area (Å²) in [5.41, 5.74) is 0.783. The number of aliphatic hydroxyl groups excluding tert-OH is 1. The molecule has 1 fully saturated rings. The van der Waals surface area contributed by atoms with Gasteiger partial charge < -0.3 is 9.84 Å². The highest BCUT2D eigenvalue weighted by atomic mass is 16.5. The molecular weight excluding hydrogens is 200 g/mol. The average Bonchev–Trinajstić information content (AvgIpc) is 2.58. The molecule has 0 bridgehead atoms. The van der Waals surface area contributed by atoms with Gasteiger partial charge in [-0.1, -0.05) is 19.4 Å². The van der Waals surface area contributed by atoms with Crippen molar-refractivity contribution < 1.29 is 9.84 Å². The summed E-state index contributed by atoms with van der Waals surface area (Å²) in [4.78, 5) is 0. The minimum absolute atomic E-state index is 0.310. The summed E-state index contributed by atoms with van der Waals surface area (Å²) in [5.74, 6) is 0.537. The van der Waals surface area contributed by atoms with Crippen LogP contribution in [0.25, 0.3) is 0 Å². The van der Waals surface area contributed by atoms with Crippen LogP contribution in [0.1, 0.15) is 53.4 Å². The molecule has 0 radical (unpaired) electrons. The van der Waals surface area contributed by atoms with Crippen LogP contribution in [0.2, 0.25) is 0 Å². The monoisotopic (exact) mass is 226 g/mol. The Kier molecular flexibility index (Phi) is 4.57. The summed E-state index contributed by atoms with van der Waals surface area (Å²) in [6.07, 6.45) is 3.62. The van der Waals surface area contributed by atoms with Gasteiger partial charge in [0, 0.05) is 0 Å². The molecule has 1 saturated heterocycles. The molecule has 1 aliphatic heterocycles. The first-order valence-electron chi connectivity index (χ1n) is 6.35. The lowest BCUT2D eigenvalue weighted by Gasteiger charge is -2.31. The van der Waals surface area contributed by atoms with Crippen LogP contribution >= 0.6 is 0 Å². The third-order valence-corrected chi connectivity index (χ3v) is 3.64. The largest absolute Gasteiger partial charge is 0.390 e. The molecule has 0 amide bonds. The van der Waals surface area contributed by atoms with Gasteiger partial charge in [-0.3, -0.25) is 0 Å². The van der Waals surface area contributed by atoms with Gasteiger partial charge in [-0.25, -0.2) is 0 Å². The number of aliphatic hydroxyl groups is 1. The zero-order valence-electron chi connectivity index (χ0n) is 11.1. The smallest absolute Gasteiger partial charge is 0.0917 e. The third kappa shape index (κ3) is 3.33. The van der Waals surface area contributed by atoms with Gasteiger partial charge in [-0.05, 0) is 45.4 Å². The second-order valence-electron chi connectivity index (χ2n) is 5.76. The molecule has 0 saturated carbocycles. The van der Waals surface area contributed by atoms with E-state index >= 15 is 0 Å². The maximum absolute atomic E-state index is 10.2. The molecule has 3 atom stereocenters. The van der Waals surface area contributed by atoms with Crippen LogP contribution in [0.15, 0.2) is 12.2 Å². The summed E-state index contributed by atoms with van der Waals surface area (Å²) in [6, 6.07) is 0. The van der Waals surface area contributed by atoms with Gasteiger partial charge in [0.2, 0.25) is 0 Å². The average molecular weight is 226 g/mol. The molecule has 0 spiro atoms. The molecule has 1 rings (SSSR count). The fraction of sp³-hybridized carbons (Fsp3) is 0.857. The van der Waals surface area contributed by atoms with Crippen LogP contribution in [0.5, 0.6) is 0 Å². The summed E-state index contributed by atoms with van der Waals surface area (Å²) in [5, 5.41) is 10.2. The predicted octanol–water partition coefficient (Wildman–Crippen LogP) is 3.30. The minimum Gasteiger partial charge on any atom is -0.390 e. The van der Waals surface area contributed by atoms with Crippen molar-refractivity contribution in [1.29, 1.82) is 0 Å². The molecule has 0 aliphatic carbocycles. The Balaban J connectivity index is 2.49. The van der Waals surface area contributed by atoms with E-state index in [1.54, 1.807) is 0 Å². The number of ether oxygens (including phenoxy) is 1. The van der Waals surface area contributed by atoms with E-state index in [2.05, 4.69) is 20.4 Å². The maximum atomic E-state index is 10.2. The van der Waals surface area contributed by atoms with Gasteiger partial charge in [-0.2, -0.15) is 0 Å². The van der Waals surface area contributed by atoms with Crippen LogP contribution in [-0.2, 0) is 4.74 Å². The highest BCUT2D eigenvalue weighted by Gasteiger charge is 2.42. The lowest BCUT2D eigenvalue weighted by atomic mass is 9.91. The van der Waals surface area contributed by atoms with Crippen LogP contribution in [0, 0.1) is 5.92 Å². The summed E-state index contributed by atoms with van der Waals surface area (Å²) in [6.45, 7) is 12.3. The molecule has 2 nitrogen and oxygen atoms in total. The van der Waals surface area contributed by atoms with Gasteiger partial charge in [0.15, 0.2) is 0 Å². The molecule has 94 valence electrons. The number of allylic oxidation sites excluding steroid dienone is 1. The summed E-state index contributed by atoms with van der Waals surface area (Å²) in [7, 11) is 0. The summed E-state index contributed by atoms with van der Waals surface area (Å²) >= 11 is 0. The molecule has 1 heterocycles. The molecule has 0 aromatic heterocycles. The van der Waals surface area contributed by atoms with E-state index in [0.29, 0.717) is 12.0 Å². The van der Waals surface area contributed by atoms with Crippen molar-refractivity contribution in [3.63, 3.8) is 0 Å². The number of hydrogen-bond donors (Lipinski definition) is 1. The predicted molar refractivity (Wildman–Crippen MR) is 67.4 cm³/mol. The second-order valence-corrected chi connectivity index (χ2v) is 5.76. The molecular formula is C14H26O2. The van der Waals surface area contributed by atoms with Gasteiger partial charge in [0.25, 0.3) is 0 Å². The van der Waals surface area contributed by atoms with E-state index in [1.165, 1.54) is 0 Å². The van der Waals surface area contributed by atoms with Crippen molar-refractivity contribution >= 4 is 0 Å². The molecule has 16 heavy (non-hydrogen) atoms. The van der Waals surface area contributed by atoms with E-state index in [4.69, 9.17) is 4.74 Å². The fourth-order valence-corrected chi connectivity index (χ4v) is 2.30. The Morgan fingerprint density at radius 2 is 2.19 bits per heavy atom. The fourth-order valence-electron chi connectivity index (χ4n) is 2.30. The molecule has 2 heteroatoms. The van der Waals surface area contributed by atoms with E-state index < -0.39 is 0 Å². The van der Waals surface area contributed by atoms with E-state index in [1.807, 2.05) is 13.8 Å². The van der Waals surface area contributed by atoms with Gasteiger partial charge in [0.05, 0.1) is 17.8 Å². The van der Waals surface area contributed by atoms with Gasteiger partial charge in [0.1, 0.15) is 0 Å². The first kappa shape index (κ1) is 13.7. The van der Waals surface area contributed by atoms with Gasteiger partial charge in [-0.15, -0.1) is 6.58 Å². The standard InChI is InChI=1S/C14H26O2/c1-10(2)6-7-13(15)14(5)9-8-12(16-14)11(3)4/h11-13,15H,1,6-9H2,2-5H3/t12-,13+,14-/m1/s1. The maximum Gasteiger partial charge on any atom is 0.0917 e. The Labute approximate surface area is 99.7 Å². The third-order valence-electron chi connectivity index (χ3n) is 3.64. The molecule has 0 unspecified atom stereocenters. The van der Waals surface area contributed by atoms with Crippen LogP contribution in [0.3, 0.4) is 0 Å². The first-order valence-corrected chi connectivity index (χ1v) is 6.35. The van der Waals surface area contributed by atoms with Crippen molar-refractivity contribution in [2.24, 2.45) is 5.92 Å². The van der Waals surface area contributed by atoms with E-state index in [0.717, 1.165) is 31.3 Å². The Hall–Kier alpha value is -0.340. The zero-order valence-corrected chi connectivity index (χ0v) is 11.1. The number of rotatable bonds is 5. The van der Waals surface area contributed by atoms with Crippen molar-refractivity contribution in [3.8, 4) is 0 Å². The van der Waals surface area contributed by atoms with Gasteiger partial charge >= 0.3 is 0 Å². The van der Waals surface area contributed by atoms with Crippen LogP contribution in [0.4, 0.5) is 0 Å². The molecule has 0 aromatic carbocycles. The lowest BCUT2D eigenvalue weighted by Crippen LogP contribution is -2.40. The normalized spacial score (nSPS) is 32.0. The molecule has 1 N–H and O–H groups in total. The van der Waals surface area contributed by atoms with Crippen molar-refractivity contribution in [1.82, 2.24) is 0 Å². The highest BCUT2D eigenvalue weighted by molar-refractivity contribution is 4.95. The van der Waals surface area contributed by atoms with Crippen molar-refractivity contribution in [3.05, 3.63) is 12.2 Å². The quantitative estimate of drug-likeness (QED) is 0.729. The number of hydrogen-bond acceptors (Lipinski definition) is 2. The topological polar surface area (TPSA) is 29.5 Å². The van der Waals surface area contributed by atoms with E-state index in [-0.39, 0.29) is 11.7 Å². The molecule has 0 aromatic rings. The highest BCUT2D eigenvalue weighted by Crippen LogP contribution is 2.37. The Morgan fingerprint density at radius 1 is 1.56 bits per heavy atom.